The van der Waals surface area contributed by atoms with E-state index in [-0.39, 0.29) is 5.76 Å². The molecule has 7 heteroatoms. The first-order valence-electron chi connectivity index (χ1n) is 5.15. The van der Waals surface area contributed by atoms with Crippen molar-refractivity contribution < 1.29 is 23.8 Å². The molecule has 0 unspecified atom stereocenters. The standard InChI is InChI=1S/C12H9NO5S/c1-17-12(16)7-4-5-13-9(6-7)19-10-3-2-8(18-10)11(14)15/h2-6H,1H3,(H,14,15). The van der Waals surface area contributed by atoms with Gasteiger partial charge in [0.1, 0.15) is 5.03 Å². The molecule has 2 aromatic heterocycles. The second-order valence-corrected chi connectivity index (χ2v) is 4.43. The van der Waals surface area contributed by atoms with Crippen LogP contribution in [0.15, 0.2) is 45.0 Å². The summed E-state index contributed by atoms with van der Waals surface area (Å²) in [5, 5.41) is 9.62. The second kappa shape index (κ2) is 5.57. The third-order valence-electron chi connectivity index (χ3n) is 2.15. The Hall–Kier alpha value is -2.28. The Morgan fingerprint density at radius 1 is 1.37 bits per heavy atom. The fourth-order valence-electron chi connectivity index (χ4n) is 1.30. The van der Waals surface area contributed by atoms with Crippen LogP contribution >= 0.6 is 11.8 Å². The molecule has 1 N–H and O–H groups in total. The van der Waals surface area contributed by atoms with Crippen LogP contribution in [-0.4, -0.2) is 29.1 Å². The van der Waals surface area contributed by atoms with Gasteiger partial charge in [-0.2, -0.15) is 0 Å². The maximum atomic E-state index is 11.4. The van der Waals surface area contributed by atoms with Gasteiger partial charge in [-0.25, -0.2) is 14.6 Å². The van der Waals surface area contributed by atoms with Gasteiger partial charge in [-0.3, -0.25) is 0 Å². The molecule has 0 aliphatic carbocycles. The van der Waals surface area contributed by atoms with Crippen LogP contribution in [0.4, 0.5) is 0 Å². The van der Waals surface area contributed by atoms with Crippen LogP contribution in [-0.2, 0) is 4.74 Å². The number of carboxylic acids is 1. The molecule has 2 heterocycles. The van der Waals surface area contributed by atoms with Crippen LogP contribution in [0.25, 0.3) is 0 Å². The first-order valence-corrected chi connectivity index (χ1v) is 5.97. The van der Waals surface area contributed by atoms with Gasteiger partial charge < -0.3 is 14.3 Å². The number of carbonyl (C=O) groups excluding carboxylic acids is 1. The lowest BCUT2D eigenvalue weighted by Gasteiger charge is -2.01. The minimum atomic E-state index is -1.14. The summed E-state index contributed by atoms with van der Waals surface area (Å²) in [6.07, 6.45) is 1.47. The highest BCUT2D eigenvalue weighted by Gasteiger charge is 2.12. The Kier molecular flexibility index (Phi) is 3.86. The van der Waals surface area contributed by atoms with Gasteiger partial charge in [0.25, 0.3) is 0 Å². The number of carboxylic acid groups (broad SMARTS) is 1. The van der Waals surface area contributed by atoms with Gasteiger partial charge in [0.15, 0.2) is 5.09 Å². The van der Waals surface area contributed by atoms with Gasteiger partial charge in [0, 0.05) is 6.20 Å². The van der Waals surface area contributed by atoms with Crippen molar-refractivity contribution in [1.82, 2.24) is 4.98 Å². The summed E-state index contributed by atoms with van der Waals surface area (Å²) in [6, 6.07) is 5.95. The van der Waals surface area contributed by atoms with E-state index in [0.717, 1.165) is 11.8 Å². The maximum absolute atomic E-state index is 11.4. The van der Waals surface area contributed by atoms with Crippen LogP contribution in [0, 0.1) is 0 Å². The number of hydrogen-bond acceptors (Lipinski definition) is 6. The zero-order valence-corrected chi connectivity index (χ0v) is 10.6. The van der Waals surface area contributed by atoms with Gasteiger partial charge in [-0.15, -0.1) is 0 Å². The third kappa shape index (κ3) is 3.14. The fraction of sp³-hybridized carbons (Fsp3) is 0.0833. The number of carbonyl (C=O) groups is 2. The van der Waals surface area contributed by atoms with Crippen LogP contribution in [0.3, 0.4) is 0 Å². The van der Waals surface area contributed by atoms with Crippen LogP contribution in [0.5, 0.6) is 0 Å². The van der Waals surface area contributed by atoms with Gasteiger partial charge in [0.05, 0.1) is 12.7 Å². The summed E-state index contributed by atoms with van der Waals surface area (Å²) < 4.78 is 9.68. The molecule has 0 atom stereocenters. The molecule has 0 amide bonds. The highest BCUT2D eigenvalue weighted by molar-refractivity contribution is 7.99. The highest BCUT2D eigenvalue weighted by Crippen LogP contribution is 2.28. The number of pyridine rings is 1. The van der Waals surface area contributed by atoms with Crippen molar-refractivity contribution in [2.24, 2.45) is 0 Å². The number of esters is 1. The number of rotatable bonds is 4. The van der Waals surface area contributed by atoms with E-state index in [2.05, 4.69) is 9.72 Å². The average Bonchev–Trinajstić information content (AvgIpc) is 2.87. The number of aromatic nitrogens is 1. The van der Waals surface area contributed by atoms with E-state index in [0.29, 0.717) is 15.7 Å². The first kappa shape index (κ1) is 13.2. The van der Waals surface area contributed by atoms with Crippen molar-refractivity contribution in [1.29, 1.82) is 0 Å². The summed E-state index contributed by atoms with van der Waals surface area (Å²) >= 11 is 1.12. The first-order chi connectivity index (χ1) is 9.10. The number of methoxy groups -OCH3 is 1. The van der Waals surface area contributed by atoms with Crippen molar-refractivity contribution >= 4 is 23.7 Å². The number of nitrogens with zero attached hydrogens (tertiary/aromatic N) is 1. The largest absolute Gasteiger partial charge is 0.475 e. The van der Waals surface area contributed by atoms with E-state index in [1.54, 1.807) is 6.07 Å². The molecule has 0 saturated carbocycles. The molecule has 0 fully saturated rings. The summed E-state index contributed by atoms with van der Waals surface area (Å²) in [4.78, 5) is 26.1. The minimum absolute atomic E-state index is 0.147. The molecule has 0 radical (unpaired) electrons. The molecular formula is C12H9NO5S. The average molecular weight is 279 g/mol. The topological polar surface area (TPSA) is 89.6 Å². The molecule has 0 aliphatic rings. The van der Waals surface area contributed by atoms with E-state index in [1.807, 2.05) is 0 Å². The second-order valence-electron chi connectivity index (χ2n) is 3.40. The molecule has 19 heavy (non-hydrogen) atoms. The van der Waals surface area contributed by atoms with Gasteiger partial charge in [0.2, 0.25) is 5.76 Å². The van der Waals surface area contributed by atoms with Crippen molar-refractivity contribution in [3.8, 4) is 0 Å². The highest BCUT2D eigenvalue weighted by atomic mass is 32.2. The number of hydrogen-bond donors (Lipinski definition) is 1. The smallest absolute Gasteiger partial charge is 0.371 e. The quantitative estimate of drug-likeness (QED) is 0.859. The Morgan fingerprint density at radius 2 is 2.16 bits per heavy atom. The zero-order valence-electron chi connectivity index (χ0n) is 9.82. The molecule has 6 nitrogen and oxygen atoms in total. The van der Waals surface area contributed by atoms with Crippen molar-refractivity contribution in [2.45, 2.75) is 10.1 Å². The van der Waals surface area contributed by atoms with E-state index < -0.39 is 11.9 Å². The maximum Gasteiger partial charge on any atom is 0.371 e. The Labute approximate surface area is 112 Å². The molecule has 2 aromatic rings. The summed E-state index contributed by atoms with van der Waals surface area (Å²) in [6.45, 7) is 0. The molecule has 0 saturated heterocycles. The van der Waals surface area contributed by atoms with E-state index in [9.17, 15) is 9.59 Å². The summed E-state index contributed by atoms with van der Waals surface area (Å²) in [5.41, 5.74) is 0.366. The Bertz CT molecular complexity index is 622. The predicted octanol–water partition coefficient (Wildman–Crippen LogP) is 2.31. The SMILES string of the molecule is COC(=O)c1ccnc(Sc2ccc(C(=O)O)o2)c1. The Balaban J connectivity index is 2.18. The molecule has 0 bridgehead atoms. The minimum Gasteiger partial charge on any atom is -0.475 e. The van der Waals surface area contributed by atoms with E-state index in [1.165, 1.54) is 31.5 Å². The molecule has 0 aromatic carbocycles. The fourth-order valence-corrected chi connectivity index (χ4v) is 2.08. The number of furan rings is 1. The van der Waals surface area contributed by atoms with E-state index >= 15 is 0 Å². The molecular weight excluding hydrogens is 270 g/mol. The Morgan fingerprint density at radius 3 is 2.79 bits per heavy atom. The van der Waals surface area contributed by atoms with Crippen LogP contribution < -0.4 is 0 Å². The molecule has 0 spiro atoms. The molecule has 0 aliphatic heterocycles. The normalized spacial score (nSPS) is 10.2. The van der Waals surface area contributed by atoms with Crippen molar-refractivity contribution in [3.63, 3.8) is 0 Å². The van der Waals surface area contributed by atoms with E-state index in [4.69, 9.17) is 9.52 Å². The summed E-state index contributed by atoms with van der Waals surface area (Å²) in [5.74, 6) is -1.75. The lowest BCUT2D eigenvalue weighted by atomic mass is 10.3. The monoisotopic (exact) mass is 279 g/mol. The lowest BCUT2D eigenvalue weighted by Crippen LogP contribution is -2.01. The lowest BCUT2D eigenvalue weighted by molar-refractivity contribution is 0.0599. The zero-order chi connectivity index (χ0) is 13.8. The van der Waals surface area contributed by atoms with Crippen molar-refractivity contribution in [3.05, 3.63) is 41.8 Å². The van der Waals surface area contributed by atoms with Gasteiger partial charge in [-0.05, 0) is 36.0 Å². The van der Waals surface area contributed by atoms with Crippen molar-refractivity contribution in [2.75, 3.05) is 7.11 Å². The molecule has 2 rings (SSSR count). The third-order valence-corrected chi connectivity index (χ3v) is 3.01. The predicted molar refractivity (Wildman–Crippen MR) is 65.4 cm³/mol. The van der Waals surface area contributed by atoms with Crippen LogP contribution in [0.1, 0.15) is 20.9 Å². The molecule has 98 valence electrons. The summed E-state index contributed by atoms with van der Waals surface area (Å²) in [7, 11) is 1.29. The van der Waals surface area contributed by atoms with Gasteiger partial charge in [-0.1, -0.05) is 0 Å². The number of aromatic carboxylic acids is 1. The van der Waals surface area contributed by atoms with Crippen LogP contribution in [0.2, 0.25) is 0 Å². The van der Waals surface area contributed by atoms with Gasteiger partial charge >= 0.3 is 11.9 Å². The number of ether oxygens (including phenoxy) is 1.